The average molecular weight is 448 g/mol. The van der Waals surface area contributed by atoms with Gasteiger partial charge in [-0.05, 0) is 49.1 Å². The highest BCUT2D eigenvalue weighted by Gasteiger charge is 2.46. The van der Waals surface area contributed by atoms with Crippen LogP contribution in [0.3, 0.4) is 0 Å². The van der Waals surface area contributed by atoms with Gasteiger partial charge < -0.3 is 40.5 Å². The van der Waals surface area contributed by atoms with Crippen LogP contribution in [0.25, 0.3) is 0 Å². The van der Waals surface area contributed by atoms with Gasteiger partial charge in [0, 0.05) is 12.0 Å². The Balaban J connectivity index is 1.98. The number of phenolic OH excluding ortho intramolecular Hbond substituents is 3. The van der Waals surface area contributed by atoms with Crippen molar-refractivity contribution in [2.75, 3.05) is 6.61 Å². The maximum Gasteiger partial charge on any atom is 0.170 e. The van der Waals surface area contributed by atoms with Gasteiger partial charge in [0.25, 0.3) is 0 Å². The highest BCUT2D eigenvalue weighted by Crippen LogP contribution is 2.45. The number of ketones is 1. The van der Waals surface area contributed by atoms with Gasteiger partial charge in [-0.3, -0.25) is 4.79 Å². The Bertz CT molecular complexity index is 984. The molecule has 32 heavy (non-hydrogen) atoms. The van der Waals surface area contributed by atoms with Gasteiger partial charge in [0.2, 0.25) is 0 Å². The minimum absolute atomic E-state index is 0.00909. The fourth-order valence-electron chi connectivity index (χ4n) is 3.99. The molecule has 1 aliphatic heterocycles. The third-order valence-corrected chi connectivity index (χ3v) is 6.08. The zero-order chi connectivity index (χ0) is 23.7. The molecular weight excluding hydrogens is 420 g/mol. The molecule has 0 aliphatic carbocycles. The van der Waals surface area contributed by atoms with Crippen molar-refractivity contribution in [3.63, 3.8) is 0 Å². The predicted octanol–water partition coefficient (Wildman–Crippen LogP) is 0.751. The maximum atomic E-state index is 12.9. The highest BCUT2D eigenvalue weighted by atomic mass is 16.5. The Morgan fingerprint density at radius 2 is 1.53 bits per heavy atom. The van der Waals surface area contributed by atoms with Crippen LogP contribution in [0.2, 0.25) is 0 Å². The standard InChI is InChI=1S/C23H28O9/c1-10-11(2)18(27)17(14(26)8-5-12-3-6-13(25)7-4-12)20(29)16(10)23-22(31)21(30)19(28)15(9-24)32-23/h3-4,6-7,15,19,21-25,27-31H,5,8-9H2,1-2H3/t15-,19-,21+,22-,23+/m1/s1. The number of aliphatic hydroxyl groups excluding tert-OH is 4. The van der Waals surface area contributed by atoms with Crippen LogP contribution in [0.15, 0.2) is 24.3 Å². The van der Waals surface area contributed by atoms with E-state index in [1.165, 1.54) is 19.1 Å². The summed E-state index contributed by atoms with van der Waals surface area (Å²) in [6.07, 6.45) is -7.19. The molecule has 2 aromatic carbocycles. The Labute approximate surface area is 184 Å². The molecule has 0 radical (unpaired) electrons. The lowest BCUT2D eigenvalue weighted by molar-refractivity contribution is -0.232. The number of carbonyl (C=O) groups excluding carboxylic acids is 1. The number of hydrogen-bond donors (Lipinski definition) is 7. The van der Waals surface area contributed by atoms with Gasteiger partial charge in [0.1, 0.15) is 53.3 Å². The third-order valence-electron chi connectivity index (χ3n) is 6.08. The summed E-state index contributed by atoms with van der Waals surface area (Å²) in [6, 6.07) is 6.29. The van der Waals surface area contributed by atoms with E-state index in [2.05, 4.69) is 0 Å². The minimum Gasteiger partial charge on any atom is -0.508 e. The molecule has 0 saturated carbocycles. The summed E-state index contributed by atoms with van der Waals surface area (Å²) in [5, 5.41) is 71.0. The zero-order valence-electron chi connectivity index (χ0n) is 17.8. The average Bonchev–Trinajstić information content (AvgIpc) is 2.77. The Morgan fingerprint density at radius 3 is 2.12 bits per heavy atom. The zero-order valence-corrected chi connectivity index (χ0v) is 17.8. The molecule has 1 aliphatic rings. The van der Waals surface area contributed by atoms with Crippen LogP contribution in [0.5, 0.6) is 17.2 Å². The van der Waals surface area contributed by atoms with E-state index < -0.39 is 54.4 Å². The molecule has 0 spiro atoms. The second kappa shape index (κ2) is 9.43. The lowest BCUT2D eigenvalue weighted by Crippen LogP contribution is -2.55. The first-order valence-electron chi connectivity index (χ1n) is 10.2. The van der Waals surface area contributed by atoms with E-state index in [0.29, 0.717) is 12.0 Å². The number of aliphatic hydroxyl groups is 4. The first kappa shape index (κ1) is 24.0. The normalized spacial score (nSPS) is 25.6. The quantitative estimate of drug-likeness (QED) is 0.315. The molecule has 1 saturated heterocycles. The first-order valence-corrected chi connectivity index (χ1v) is 10.2. The second-order valence-electron chi connectivity index (χ2n) is 8.07. The summed E-state index contributed by atoms with van der Waals surface area (Å²) in [5.41, 5.74) is 1.04. The van der Waals surface area contributed by atoms with Crippen molar-refractivity contribution in [2.24, 2.45) is 0 Å². The summed E-state index contributed by atoms with van der Waals surface area (Å²) in [6.45, 7) is 2.45. The fourth-order valence-corrected chi connectivity index (χ4v) is 3.99. The number of aromatic hydroxyl groups is 3. The van der Waals surface area contributed by atoms with E-state index >= 15 is 0 Å². The molecule has 0 unspecified atom stereocenters. The summed E-state index contributed by atoms with van der Waals surface area (Å²) < 4.78 is 5.56. The number of rotatable bonds is 6. The number of ether oxygens (including phenoxy) is 1. The SMILES string of the molecule is Cc1c(C)c([C@@H]2O[C@H](CO)[C@@H](O)[C@H](O)[C@H]2O)c(O)c(C(=O)CCc2ccc(O)cc2)c1O. The lowest BCUT2D eigenvalue weighted by Gasteiger charge is -2.41. The predicted molar refractivity (Wildman–Crippen MR) is 113 cm³/mol. The molecule has 174 valence electrons. The number of carbonyl (C=O) groups is 1. The topological polar surface area (TPSA) is 168 Å². The van der Waals surface area contributed by atoms with Gasteiger partial charge in [-0.1, -0.05) is 12.1 Å². The van der Waals surface area contributed by atoms with Crippen molar-refractivity contribution in [1.82, 2.24) is 0 Å². The number of benzene rings is 2. The monoisotopic (exact) mass is 448 g/mol. The smallest absolute Gasteiger partial charge is 0.170 e. The molecular formula is C23H28O9. The molecule has 1 heterocycles. The van der Waals surface area contributed by atoms with Crippen LogP contribution >= 0.6 is 0 Å². The van der Waals surface area contributed by atoms with E-state index in [9.17, 15) is 40.5 Å². The summed E-state index contributed by atoms with van der Waals surface area (Å²) in [7, 11) is 0. The molecule has 5 atom stereocenters. The van der Waals surface area contributed by atoms with Crippen LogP contribution < -0.4 is 0 Å². The van der Waals surface area contributed by atoms with Crippen molar-refractivity contribution in [3.8, 4) is 17.2 Å². The second-order valence-corrected chi connectivity index (χ2v) is 8.07. The van der Waals surface area contributed by atoms with E-state index in [1.807, 2.05) is 0 Å². The molecule has 3 rings (SSSR count). The number of aryl methyl sites for hydroxylation is 1. The molecule has 9 heteroatoms. The molecule has 1 fully saturated rings. The van der Waals surface area contributed by atoms with Crippen molar-refractivity contribution in [1.29, 1.82) is 0 Å². The Kier molecular flexibility index (Phi) is 7.06. The number of hydrogen-bond acceptors (Lipinski definition) is 9. The van der Waals surface area contributed by atoms with Crippen LogP contribution in [-0.4, -0.2) is 72.6 Å². The summed E-state index contributed by atoms with van der Waals surface area (Å²) in [5.74, 6) is -1.45. The number of Topliss-reactive ketones (excluding diaryl/α,β-unsaturated/α-hetero) is 1. The van der Waals surface area contributed by atoms with Gasteiger partial charge in [0.15, 0.2) is 5.78 Å². The van der Waals surface area contributed by atoms with Gasteiger partial charge in [-0.2, -0.15) is 0 Å². The summed E-state index contributed by atoms with van der Waals surface area (Å²) in [4.78, 5) is 12.9. The minimum atomic E-state index is -1.66. The molecule has 9 nitrogen and oxygen atoms in total. The van der Waals surface area contributed by atoms with Gasteiger partial charge in [0.05, 0.1) is 6.61 Å². The van der Waals surface area contributed by atoms with Crippen LogP contribution in [-0.2, 0) is 11.2 Å². The molecule has 7 N–H and O–H groups in total. The van der Waals surface area contributed by atoms with Crippen molar-refractivity contribution in [3.05, 3.63) is 52.1 Å². The first-order chi connectivity index (χ1) is 15.1. The Hall–Kier alpha value is -2.69. The maximum absolute atomic E-state index is 12.9. The van der Waals surface area contributed by atoms with Crippen LogP contribution in [0.4, 0.5) is 0 Å². The van der Waals surface area contributed by atoms with E-state index in [-0.39, 0.29) is 28.9 Å². The van der Waals surface area contributed by atoms with E-state index in [1.54, 1.807) is 19.1 Å². The largest absolute Gasteiger partial charge is 0.508 e. The lowest BCUT2D eigenvalue weighted by atomic mass is 9.85. The van der Waals surface area contributed by atoms with Gasteiger partial charge >= 0.3 is 0 Å². The van der Waals surface area contributed by atoms with Crippen LogP contribution in [0.1, 0.15) is 45.1 Å². The molecule has 0 bridgehead atoms. The van der Waals surface area contributed by atoms with Crippen molar-refractivity contribution < 1.29 is 45.3 Å². The van der Waals surface area contributed by atoms with Crippen LogP contribution in [0, 0.1) is 13.8 Å². The number of phenols is 3. The molecule has 2 aromatic rings. The highest BCUT2D eigenvalue weighted by molar-refractivity contribution is 6.02. The van der Waals surface area contributed by atoms with Gasteiger partial charge in [-0.15, -0.1) is 0 Å². The molecule has 0 aromatic heterocycles. The molecule has 0 amide bonds. The van der Waals surface area contributed by atoms with Crippen molar-refractivity contribution in [2.45, 2.75) is 57.2 Å². The van der Waals surface area contributed by atoms with E-state index in [0.717, 1.165) is 5.56 Å². The van der Waals surface area contributed by atoms with Gasteiger partial charge in [-0.25, -0.2) is 0 Å². The van der Waals surface area contributed by atoms with Crippen molar-refractivity contribution >= 4 is 5.78 Å². The van der Waals surface area contributed by atoms with E-state index in [4.69, 9.17) is 4.74 Å². The third kappa shape index (κ3) is 4.30. The summed E-state index contributed by atoms with van der Waals surface area (Å²) >= 11 is 0. The Morgan fingerprint density at radius 1 is 0.906 bits per heavy atom. The fraction of sp³-hybridized carbons (Fsp3) is 0.435.